The fourth-order valence-electron chi connectivity index (χ4n) is 3.68. The normalized spacial score (nSPS) is 14.7. The van der Waals surface area contributed by atoms with Crippen molar-refractivity contribution in [3.63, 3.8) is 0 Å². The molecule has 0 radical (unpaired) electrons. The molecule has 4 rings (SSSR count). The lowest BCUT2D eigenvalue weighted by molar-refractivity contribution is 0.0594. The Morgan fingerprint density at radius 3 is 2.48 bits per heavy atom. The van der Waals surface area contributed by atoms with Crippen LogP contribution in [0, 0.1) is 0 Å². The van der Waals surface area contributed by atoms with Crippen LogP contribution in [-0.2, 0) is 4.74 Å². The third-order valence-corrected chi connectivity index (χ3v) is 6.05. The minimum absolute atomic E-state index is 0.0635. The smallest absolute Gasteiger partial charge is 0.253 e. The Bertz CT molecular complexity index is 1040. The van der Waals surface area contributed by atoms with E-state index in [0.29, 0.717) is 22.2 Å². The highest BCUT2D eigenvalue weighted by Crippen LogP contribution is 2.31. The number of piperazine rings is 1. The molecule has 6 nitrogen and oxygen atoms in total. The molecule has 162 valence electrons. The highest BCUT2D eigenvalue weighted by molar-refractivity contribution is 6.36. The number of rotatable bonds is 6. The van der Waals surface area contributed by atoms with E-state index < -0.39 is 0 Å². The van der Waals surface area contributed by atoms with E-state index in [4.69, 9.17) is 27.9 Å². The lowest BCUT2D eigenvalue weighted by atomic mass is 10.1. The van der Waals surface area contributed by atoms with Gasteiger partial charge in [0.2, 0.25) is 0 Å². The molecule has 2 heterocycles. The molecule has 0 atom stereocenters. The summed E-state index contributed by atoms with van der Waals surface area (Å²) in [5.41, 5.74) is 4.04. The standard InChI is InChI=1S/C23H24Cl2N4O2/c1-31-13-12-28-8-10-29(11-9-28)23(30)17-4-2-16(3-5-17)21-15-22(27-26-21)19-7-6-18(24)14-20(19)25/h2-7,14-15H,8-13H2,1H3,(H,26,27). The van der Waals surface area contributed by atoms with E-state index in [-0.39, 0.29) is 5.91 Å². The Kier molecular flexibility index (Phi) is 6.92. The van der Waals surface area contributed by atoms with Crippen LogP contribution in [0.2, 0.25) is 10.0 Å². The molecular weight excluding hydrogens is 435 g/mol. The lowest BCUT2D eigenvalue weighted by Crippen LogP contribution is -2.49. The average Bonchev–Trinajstić information content (AvgIpc) is 3.27. The van der Waals surface area contributed by atoms with Gasteiger partial charge in [-0.15, -0.1) is 0 Å². The predicted molar refractivity (Wildman–Crippen MR) is 124 cm³/mol. The van der Waals surface area contributed by atoms with Crippen molar-refractivity contribution in [1.29, 1.82) is 0 Å². The van der Waals surface area contributed by atoms with Gasteiger partial charge in [-0.2, -0.15) is 5.10 Å². The average molecular weight is 459 g/mol. The summed E-state index contributed by atoms with van der Waals surface area (Å²) in [5, 5.41) is 8.57. The Hall–Kier alpha value is -2.38. The number of carbonyl (C=O) groups is 1. The van der Waals surface area contributed by atoms with Gasteiger partial charge in [0.25, 0.3) is 5.91 Å². The van der Waals surface area contributed by atoms with Crippen LogP contribution in [0.5, 0.6) is 0 Å². The van der Waals surface area contributed by atoms with Crippen molar-refractivity contribution in [2.45, 2.75) is 0 Å². The molecule has 2 aromatic carbocycles. The molecular formula is C23H24Cl2N4O2. The number of amides is 1. The number of ether oxygens (including phenoxy) is 1. The Morgan fingerprint density at radius 1 is 1.06 bits per heavy atom. The SMILES string of the molecule is COCCN1CCN(C(=O)c2ccc(-c3cc(-c4ccc(Cl)cc4Cl)[nH]n3)cc2)CC1. The van der Waals surface area contributed by atoms with Crippen LogP contribution in [0.3, 0.4) is 0 Å². The van der Waals surface area contributed by atoms with Crippen molar-refractivity contribution in [3.05, 3.63) is 64.1 Å². The van der Waals surface area contributed by atoms with Gasteiger partial charge in [-0.05, 0) is 36.4 Å². The number of methoxy groups -OCH3 is 1. The molecule has 1 aliphatic heterocycles. The van der Waals surface area contributed by atoms with Crippen LogP contribution >= 0.6 is 23.2 Å². The van der Waals surface area contributed by atoms with E-state index in [1.807, 2.05) is 41.3 Å². The number of hydrogen-bond acceptors (Lipinski definition) is 4. The summed E-state index contributed by atoms with van der Waals surface area (Å²) in [5.74, 6) is 0.0635. The number of aromatic nitrogens is 2. The number of benzene rings is 2. The highest BCUT2D eigenvalue weighted by atomic mass is 35.5. The van der Waals surface area contributed by atoms with Crippen LogP contribution in [0.25, 0.3) is 22.5 Å². The number of halogens is 2. The van der Waals surface area contributed by atoms with Crippen molar-refractivity contribution in [2.75, 3.05) is 46.4 Å². The molecule has 3 aromatic rings. The molecule has 1 aromatic heterocycles. The number of nitrogens with one attached hydrogen (secondary N) is 1. The van der Waals surface area contributed by atoms with Gasteiger partial charge in [0.1, 0.15) is 0 Å². The molecule has 8 heteroatoms. The largest absolute Gasteiger partial charge is 0.383 e. The summed E-state index contributed by atoms with van der Waals surface area (Å²) in [6.45, 7) is 4.82. The second-order valence-corrected chi connectivity index (χ2v) is 8.34. The van der Waals surface area contributed by atoms with Gasteiger partial charge in [-0.3, -0.25) is 14.8 Å². The fourth-order valence-corrected chi connectivity index (χ4v) is 4.19. The van der Waals surface area contributed by atoms with Gasteiger partial charge in [0.15, 0.2) is 0 Å². The molecule has 1 fully saturated rings. The third-order valence-electron chi connectivity index (χ3n) is 5.50. The summed E-state index contributed by atoms with van der Waals surface area (Å²) >= 11 is 12.3. The van der Waals surface area contributed by atoms with Crippen molar-refractivity contribution in [2.24, 2.45) is 0 Å². The van der Waals surface area contributed by atoms with Gasteiger partial charge < -0.3 is 9.64 Å². The van der Waals surface area contributed by atoms with Gasteiger partial charge in [-0.1, -0.05) is 35.3 Å². The number of H-pyrrole nitrogens is 1. The quantitative estimate of drug-likeness (QED) is 0.592. The van der Waals surface area contributed by atoms with Crippen LogP contribution in [0.15, 0.2) is 48.5 Å². The maximum Gasteiger partial charge on any atom is 0.253 e. The fraction of sp³-hybridized carbons (Fsp3) is 0.304. The first-order valence-electron chi connectivity index (χ1n) is 10.2. The van der Waals surface area contributed by atoms with Crippen LogP contribution < -0.4 is 0 Å². The van der Waals surface area contributed by atoms with Crippen molar-refractivity contribution >= 4 is 29.1 Å². The first-order chi connectivity index (χ1) is 15.0. The monoisotopic (exact) mass is 458 g/mol. The summed E-state index contributed by atoms with van der Waals surface area (Å²) in [6.07, 6.45) is 0. The second-order valence-electron chi connectivity index (χ2n) is 7.50. The zero-order valence-corrected chi connectivity index (χ0v) is 18.8. The van der Waals surface area contributed by atoms with Crippen molar-refractivity contribution in [1.82, 2.24) is 20.0 Å². The molecule has 31 heavy (non-hydrogen) atoms. The zero-order chi connectivity index (χ0) is 21.8. The number of hydrogen-bond donors (Lipinski definition) is 1. The van der Waals surface area contributed by atoms with E-state index in [1.54, 1.807) is 19.2 Å². The van der Waals surface area contributed by atoms with Crippen molar-refractivity contribution < 1.29 is 9.53 Å². The second kappa shape index (κ2) is 9.83. The summed E-state index contributed by atoms with van der Waals surface area (Å²) < 4.78 is 5.13. The number of carbonyl (C=O) groups excluding carboxylic acids is 1. The van der Waals surface area contributed by atoms with Crippen molar-refractivity contribution in [3.8, 4) is 22.5 Å². The van der Waals surface area contributed by atoms with E-state index in [9.17, 15) is 4.79 Å². The van der Waals surface area contributed by atoms with E-state index in [0.717, 1.165) is 55.2 Å². The Labute approximate surface area is 191 Å². The van der Waals surface area contributed by atoms with Gasteiger partial charge in [0, 0.05) is 61.5 Å². The van der Waals surface area contributed by atoms with E-state index >= 15 is 0 Å². The predicted octanol–water partition coefficient (Wildman–Crippen LogP) is 4.45. The molecule has 0 saturated carbocycles. The van der Waals surface area contributed by atoms with Gasteiger partial charge in [-0.25, -0.2) is 0 Å². The number of aromatic amines is 1. The highest BCUT2D eigenvalue weighted by Gasteiger charge is 2.22. The zero-order valence-electron chi connectivity index (χ0n) is 17.3. The number of nitrogens with zero attached hydrogens (tertiary/aromatic N) is 3. The summed E-state index contributed by atoms with van der Waals surface area (Å²) in [6, 6.07) is 14.9. The minimum Gasteiger partial charge on any atom is -0.383 e. The summed E-state index contributed by atoms with van der Waals surface area (Å²) in [4.78, 5) is 17.1. The maximum atomic E-state index is 12.9. The molecule has 0 aliphatic carbocycles. The Morgan fingerprint density at radius 2 is 1.81 bits per heavy atom. The minimum atomic E-state index is 0.0635. The third kappa shape index (κ3) is 5.10. The Balaban J connectivity index is 1.42. The molecule has 0 spiro atoms. The summed E-state index contributed by atoms with van der Waals surface area (Å²) in [7, 11) is 1.71. The molecule has 1 saturated heterocycles. The molecule has 0 bridgehead atoms. The topological polar surface area (TPSA) is 61.5 Å². The molecule has 1 amide bonds. The maximum absolute atomic E-state index is 12.9. The van der Waals surface area contributed by atoms with E-state index in [1.165, 1.54) is 0 Å². The van der Waals surface area contributed by atoms with Gasteiger partial charge in [0.05, 0.1) is 23.0 Å². The molecule has 1 aliphatic rings. The van der Waals surface area contributed by atoms with Crippen LogP contribution in [-0.4, -0.2) is 72.3 Å². The first kappa shape index (κ1) is 21.8. The van der Waals surface area contributed by atoms with Gasteiger partial charge >= 0.3 is 0 Å². The van der Waals surface area contributed by atoms with Crippen LogP contribution in [0.4, 0.5) is 0 Å². The molecule has 1 N–H and O–H groups in total. The first-order valence-corrected chi connectivity index (χ1v) is 10.9. The van der Waals surface area contributed by atoms with E-state index in [2.05, 4.69) is 15.1 Å². The lowest BCUT2D eigenvalue weighted by Gasteiger charge is -2.34. The molecule has 0 unspecified atom stereocenters. The van der Waals surface area contributed by atoms with Crippen LogP contribution in [0.1, 0.15) is 10.4 Å².